The van der Waals surface area contributed by atoms with Gasteiger partial charge in [-0.15, -0.1) is 0 Å². The van der Waals surface area contributed by atoms with Gasteiger partial charge >= 0.3 is 6.09 Å². The number of carbonyl (C=O) groups is 3. The van der Waals surface area contributed by atoms with Crippen molar-refractivity contribution in [1.29, 1.82) is 0 Å². The summed E-state index contributed by atoms with van der Waals surface area (Å²) >= 11 is 0. The van der Waals surface area contributed by atoms with Gasteiger partial charge in [0.25, 0.3) is 0 Å². The molecule has 2 aromatic carbocycles. The molecule has 0 aliphatic rings. The van der Waals surface area contributed by atoms with Gasteiger partial charge in [0.2, 0.25) is 11.8 Å². The molecule has 0 spiro atoms. The van der Waals surface area contributed by atoms with Crippen molar-refractivity contribution in [3.63, 3.8) is 0 Å². The molecule has 8 nitrogen and oxygen atoms in total. The Morgan fingerprint density at radius 1 is 0.938 bits per heavy atom. The fourth-order valence-corrected chi connectivity index (χ4v) is 2.74. The largest absolute Gasteiger partial charge is 0.489 e. The minimum Gasteiger partial charge on any atom is -0.489 e. The third-order valence-electron chi connectivity index (χ3n) is 4.40. The summed E-state index contributed by atoms with van der Waals surface area (Å²) in [5.41, 5.74) is 6.36. The monoisotopic (exact) mass is 441 g/mol. The molecule has 0 unspecified atom stereocenters. The van der Waals surface area contributed by atoms with Gasteiger partial charge in [0.15, 0.2) is 0 Å². The molecular formula is C24H31N3O5. The second-order valence-electron chi connectivity index (χ2n) is 8.45. The predicted molar refractivity (Wildman–Crippen MR) is 121 cm³/mol. The van der Waals surface area contributed by atoms with Crippen molar-refractivity contribution in [2.75, 3.05) is 0 Å². The van der Waals surface area contributed by atoms with E-state index in [4.69, 9.17) is 15.2 Å². The smallest absolute Gasteiger partial charge is 0.408 e. The first kappa shape index (κ1) is 24.7. The van der Waals surface area contributed by atoms with E-state index in [1.807, 2.05) is 42.5 Å². The molecule has 0 bridgehead atoms. The third kappa shape index (κ3) is 8.67. The standard InChI is InChI=1S/C24H31N3O5/c1-16(21(25)28)26-22(29)20(27-23(30)32-24(2,3)4)14-17-10-12-19(13-11-17)31-15-18-8-6-5-7-9-18/h5-13,16,20H,14-15H2,1-4H3,(H2,25,28)(H,26,29)(H,27,30)/t16-,20+/m0/s1. The zero-order valence-corrected chi connectivity index (χ0v) is 18.9. The number of hydrogen-bond acceptors (Lipinski definition) is 5. The van der Waals surface area contributed by atoms with E-state index >= 15 is 0 Å². The van der Waals surface area contributed by atoms with Crippen LogP contribution in [0.4, 0.5) is 4.79 Å². The van der Waals surface area contributed by atoms with Gasteiger partial charge in [-0.1, -0.05) is 42.5 Å². The fraction of sp³-hybridized carbons (Fsp3) is 0.375. The van der Waals surface area contributed by atoms with Crippen LogP contribution in [0.5, 0.6) is 5.75 Å². The highest BCUT2D eigenvalue weighted by Gasteiger charge is 2.26. The van der Waals surface area contributed by atoms with Crippen molar-refractivity contribution in [3.8, 4) is 5.75 Å². The van der Waals surface area contributed by atoms with Gasteiger partial charge in [0.1, 0.15) is 30.0 Å². The lowest BCUT2D eigenvalue weighted by atomic mass is 10.0. The van der Waals surface area contributed by atoms with Gasteiger partial charge in [-0.3, -0.25) is 9.59 Å². The van der Waals surface area contributed by atoms with Crippen LogP contribution in [-0.4, -0.2) is 35.6 Å². The van der Waals surface area contributed by atoms with Gasteiger partial charge in [-0.05, 0) is 51.0 Å². The third-order valence-corrected chi connectivity index (χ3v) is 4.40. The number of rotatable bonds is 9. The Balaban J connectivity index is 2.05. The molecule has 0 fully saturated rings. The quantitative estimate of drug-likeness (QED) is 0.553. The van der Waals surface area contributed by atoms with Crippen molar-refractivity contribution in [2.24, 2.45) is 5.73 Å². The molecule has 0 aliphatic carbocycles. The van der Waals surface area contributed by atoms with Gasteiger partial charge < -0.3 is 25.8 Å². The summed E-state index contributed by atoms with van der Waals surface area (Å²) in [5.74, 6) is -0.526. The molecule has 172 valence electrons. The second kappa shape index (κ2) is 11.2. The summed E-state index contributed by atoms with van der Waals surface area (Å²) < 4.78 is 11.0. The first-order valence-electron chi connectivity index (χ1n) is 10.4. The topological polar surface area (TPSA) is 120 Å². The first-order chi connectivity index (χ1) is 15.0. The van der Waals surface area contributed by atoms with Gasteiger partial charge in [0.05, 0.1) is 0 Å². The van der Waals surface area contributed by atoms with Crippen LogP contribution in [0.1, 0.15) is 38.8 Å². The van der Waals surface area contributed by atoms with Crippen LogP contribution >= 0.6 is 0 Å². The molecule has 8 heteroatoms. The molecule has 0 saturated carbocycles. The molecule has 32 heavy (non-hydrogen) atoms. The molecule has 0 saturated heterocycles. The summed E-state index contributed by atoms with van der Waals surface area (Å²) in [4.78, 5) is 36.2. The van der Waals surface area contributed by atoms with E-state index in [1.165, 1.54) is 6.92 Å². The number of amides is 3. The molecule has 4 N–H and O–H groups in total. The molecule has 0 aliphatic heterocycles. The summed E-state index contributed by atoms with van der Waals surface area (Å²) in [5, 5.41) is 5.08. The molecule has 0 aromatic heterocycles. The van der Waals surface area contributed by atoms with Crippen molar-refractivity contribution in [1.82, 2.24) is 10.6 Å². The SMILES string of the molecule is C[C@H](NC(=O)[C@@H](Cc1ccc(OCc2ccccc2)cc1)NC(=O)OC(C)(C)C)C(N)=O. The Morgan fingerprint density at radius 3 is 2.12 bits per heavy atom. The highest BCUT2D eigenvalue weighted by atomic mass is 16.6. The minimum absolute atomic E-state index is 0.190. The van der Waals surface area contributed by atoms with Crippen LogP contribution in [-0.2, 0) is 27.4 Å². The van der Waals surface area contributed by atoms with E-state index in [2.05, 4.69) is 10.6 Å². The molecule has 2 atom stereocenters. The maximum Gasteiger partial charge on any atom is 0.408 e. The lowest BCUT2D eigenvalue weighted by molar-refractivity contribution is -0.128. The number of alkyl carbamates (subject to hydrolysis) is 1. The number of hydrogen-bond donors (Lipinski definition) is 3. The lowest BCUT2D eigenvalue weighted by Crippen LogP contribution is -2.53. The van der Waals surface area contributed by atoms with Crippen LogP contribution in [0.2, 0.25) is 0 Å². The lowest BCUT2D eigenvalue weighted by Gasteiger charge is -2.24. The molecule has 0 heterocycles. The Kier molecular flexibility index (Phi) is 8.63. The Hall–Kier alpha value is -3.55. The number of primary amides is 1. The number of carbonyl (C=O) groups excluding carboxylic acids is 3. The van der Waals surface area contributed by atoms with E-state index in [0.29, 0.717) is 12.4 Å². The molecule has 2 aromatic rings. The Bertz CT molecular complexity index is 907. The maximum atomic E-state index is 12.7. The summed E-state index contributed by atoms with van der Waals surface area (Å²) in [6, 6.07) is 15.2. The van der Waals surface area contributed by atoms with Crippen LogP contribution < -0.4 is 21.1 Å². The van der Waals surface area contributed by atoms with Crippen molar-refractivity contribution >= 4 is 17.9 Å². The average Bonchev–Trinajstić information content (AvgIpc) is 2.72. The number of ether oxygens (including phenoxy) is 2. The van der Waals surface area contributed by atoms with Crippen molar-refractivity contribution in [3.05, 3.63) is 65.7 Å². The normalized spacial score (nSPS) is 12.9. The highest BCUT2D eigenvalue weighted by Crippen LogP contribution is 2.16. The van der Waals surface area contributed by atoms with Gasteiger partial charge in [-0.2, -0.15) is 0 Å². The molecular weight excluding hydrogens is 410 g/mol. The molecule has 3 amide bonds. The number of nitrogens with one attached hydrogen (secondary N) is 2. The predicted octanol–water partition coefficient (Wildman–Crippen LogP) is 2.69. The van der Waals surface area contributed by atoms with E-state index in [9.17, 15) is 14.4 Å². The van der Waals surface area contributed by atoms with E-state index in [0.717, 1.165) is 11.1 Å². The van der Waals surface area contributed by atoms with E-state index < -0.39 is 35.6 Å². The van der Waals surface area contributed by atoms with E-state index in [-0.39, 0.29) is 6.42 Å². The summed E-state index contributed by atoms with van der Waals surface area (Å²) in [6.45, 7) is 7.10. The number of nitrogens with two attached hydrogens (primary N) is 1. The first-order valence-corrected chi connectivity index (χ1v) is 10.4. The van der Waals surface area contributed by atoms with Crippen molar-refractivity contribution in [2.45, 2.75) is 58.4 Å². The van der Waals surface area contributed by atoms with Gasteiger partial charge in [-0.25, -0.2) is 4.79 Å². The second-order valence-corrected chi connectivity index (χ2v) is 8.45. The van der Waals surface area contributed by atoms with Crippen molar-refractivity contribution < 1.29 is 23.9 Å². The molecule has 0 radical (unpaired) electrons. The van der Waals surface area contributed by atoms with Crippen LogP contribution in [0, 0.1) is 0 Å². The summed E-state index contributed by atoms with van der Waals surface area (Å²) in [7, 11) is 0. The highest BCUT2D eigenvalue weighted by molar-refractivity contribution is 5.90. The van der Waals surface area contributed by atoms with Crippen LogP contribution in [0.3, 0.4) is 0 Å². The maximum absolute atomic E-state index is 12.7. The average molecular weight is 442 g/mol. The summed E-state index contributed by atoms with van der Waals surface area (Å²) in [6.07, 6.45) is -0.539. The Morgan fingerprint density at radius 2 is 1.56 bits per heavy atom. The van der Waals surface area contributed by atoms with E-state index in [1.54, 1.807) is 32.9 Å². The fourth-order valence-electron chi connectivity index (χ4n) is 2.74. The number of benzene rings is 2. The zero-order chi connectivity index (χ0) is 23.7. The minimum atomic E-state index is -0.956. The zero-order valence-electron chi connectivity index (χ0n) is 18.9. The van der Waals surface area contributed by atoms with Gasteiger partial charge in [0, 0.05) is 6.42 Å². The molecule has 2 rings (SSSR count). The van der Waals surface area contributed by atoms with Crippen LogP contribution in [0.15, 0.2) is 54.6 Å². The van der Waals surface area contributed by atoms with Crippen LogP contribution in [0.25, 0.3) is 0 Å². The Labute approximate surface area is 188 Å².